The second-order valence-electron chi connectivity index (χ2n) is 11.1. The van der Waals surface area contributed by atoms with Gasteiger partial charge in [0.05, 0.1) is 17.7 Å². The lowest BCUT2D eigenvalue weighted by molar-refractivity contribution is -0.140. The largest absolute Gasteiger partial charge is 0.497 e. The van der Waals surface area contributed by atoms with Gasteiger partial charge in [-0.2, -0.15) is 0 Å². The van der Waals surface area contributed by atoms with Gasteiger partial charge in [-0.25, -0.2) is 12.8 Å². The molecular weight excluding hydrogens is 605 g/mol. The number of benzene rings is 4. The van der Waals surface area contributed by atoms with E-state index in [0.29, 0.717) is 12.2 Å². The van der Waals surface area contributed by atoms with Crippen LogP contribution in [0.4, 0.5) is 10.1 Å². The Bertz CT molecular complexity index is 1720. The van der Waals surface area contributed by atoms with E-state index in [1.165, 1.54) is 48.4 Å². The third-order valence-corrected chi connectivity index (χ3v) is 9.70. The molecule has 8 nitrogen and oxygen atoms in total. The van der Waals surface area contributed by atoms with Gasteiger partial charge >= 0.3 is 0 Å². The fourth-order valence-corrected chi connectivity index (χ4v) is 6.39. The van der Waals surface area contributed by atoms with Crippen LogP contribution in [0.2, 0.25) is 0 Å². The Labute approximate surface area is 270 Å². The van der Waals surface area contributed by atoms with E-state index in [0.717, 1.165) is 33.1 Å². The average molecular weight is 646 g/mol. The maximum absolute atomic E-state index is 14.5. The molecule has 0 aliphatic carbocycles. The third-order valence-electron chi connectivity index (χ3n) is 7.91. The number of rotatable bonds is 14. The predicted octanol–water partition coefficient (Wildman–Crippen LogP) is 5.89. The summed E-state index contributed by atoms with van der Waals surface area (Å²) in [4.78, 5) is 29.8. The summed E-state index contributed by atoms with van der Waals surface area (Å²) in [5, 5.41) is 3.03. The first-order valence-corrected chi connectivity index (χ1v) is 16.6. The first-order chi connectivity index (χ1) is 22.0. The van der Waals surface area contributed by atoms with Crippen molar-refractivity contribution >= 4 is 27.5 Å². The molecule has 2 amide bonds. The number of methoxy groups -OCH3 is 1. The molecular formula is C36H40FN3O5S. The standard InChI is InChI=1S/C36H40FN3O5S/c1-5-27(3)38-36(42)34(23-28-12-7-6-8-13-28)39(24-29-14-10-9-11-26(29)2)35(41)25-40(31-17-15-30(37)16-18-31)46(43,44)33-21-19-32(45-4)20-22-33/h6-22,27,34H,5,23-25H2,1-4H3,(H,38,42)/t27-,34-/m0/s1. The minimum atomic E-state index is -4.32. The van der Waals surface area contributed by atoms with E-state index in [1.807, 2.05) is 75.4 Å². The number of halogens is 1. The predicted molar refractivity (Wildman–Crippen MR) is 177 cm³/mol. The van der Waals surface area contributed by atoms with E-state index in [4.69, 9.17) is 4.74 Å². The van der Waals surface area contributed by atoms with Gasteiger partial charge in [-0.15, -0.1) is 0 Å². The van der Waals surface area contributed by atoms with Gasteiger partial charge in [-0.1, -0.05) is 61.5 Å². The Hall–Kier alpha value is -4.70. The highest BCUT2D eigenvalue weighted by atomic mass is 32.2. The normalized spacial score (nSPS) is 12.5. The van der Waals surface area contributed by atoms with Crippen molar-refractivity contribution in [1.29, 1.82) is 0 Å². The molecule has 4 aromatic rings. The van der Waals surface area contributed by atoms with Crippen LogP contribution in [0.5, 0.6) is 5.75 Å². The molecule has 0 saturated heterocycles. The molecule has 46 heavy (non-hydrogen) atoms. The number of carbonyl (C=O) groups is 2. The molecule has 242 valence electrons. The number of ether oxygens (including phenoxy) is 1. The van der Waals surface area contributed by atoms with Gasteiger partial charge in [0.1, 0.15) is 24.2 Å². The number of carbonyl (C=O) groups excluding carboxylic acids is 2. The highest BCUT2D eigenvalue weighted by Crippen LogP contribution is 2.27. The number of sulfonamides is 1. The van der Waals surface area contributed by atoms with Crippen molar-refractivity contribution in [2.75, 3.05) is 18.0 Å². The quantitative estimate of drug-likeness (QED) is 0.185. The molecule has 1 N–H and O–H groups in total. The summed E-state index contributed by atoms with van der Waals surface area (Å²) < 4.78 is 48.3. The van der Waals surface area contributed by atoms with Crippen molar-refractivity contribution in [3.63, 3.8) is 0 Å². The van der Waals surface area contributed by atoms with Gasteiger partial charge in [0.2, 0.25) is 11.8 Å². The summed E-state index contributed by atoms with van der Waals surface area (Å²) in [6.45, 7) is 5.20. The van der Waals surface area contributed by atoms with Crippen LogP contribution >= 0.6 is 0 Å². The lowest BCUT2D eigenvalue weighted by atomic mass is 10.0. The number of nitrogens with one attached hydrogen (secondary N) is 1. The van der Waals surface area contributed by atoms with E-state index in [2.05, 4.69) is 5.32 Å². The topological polar surface area (TPSA) is 96.0 Å². The van der Waals surface area contributed by atoms with E-state index >= 15 is 0 Å². The summed E-state index contributed by atoms with van der Waals surface area (Å²) in [5.74, 6) is -1.03. The van der Waals surface area contributed by atoms with Gasteiger partial charge in [0.15, 0.2) is 0 Å². The lowest BCUT2D eigenvalue weighted by Crippen LogP contribution is -2.54. The summed E-state index contributed by atoms with van der Waals surface area (Å²) in [7, 11) is -2.85. The Morgan fingerprint density at radius 3 is 2.13 bits per heavy atom. The van der Waals surface area contributed by atoms with Gasteiger partial charge in [0.25, 0.3) is 10.0 Å². The summed E-state index contributed by atoms with van der Waals surface area (Å²) in [5.41, 5.74) is 2.68. The Morgan fingerprint density at radius 1 is 0.891 bits per heavy atom. The first kappa shape index (κ1) is 34.2. The molecule has 2 atom stereocenters. The van der Waals surface area contributed by atoms with Crippen LogP contribution in [0.3, 0.4) is 0 Å². The molecule has 0 aliphatic heterocycles. The van der Waals surface area contributed by atoms with Crippen LogP contribution in [0, 0.1) is 12.7 Å². The van der Waals surface area contributed by atoms with Crippen molar-refractivity contribution in [3.8, 4) is 5.75 Å². The number of anilines is 1. The lowest BCUT2D eigenvalue weighted by Gasteiger charge is -2.34. The zero-order valence-corrected chi connectivity index (χ0v) is 27.3. The van der Waals surface area contributed by atoms with Crippen molar-refractivity contribution in [1.82, 2.24) is 10.2 Å². The summed E-state index contributed by atoms with van der Waals surface area (Å²) in [6.07, 6.45) is 0.899. The van der Waals surface area contributed by atoms with Crippen LogP contribution in [0.1, 0.15) is 37.0 Å². The van der Waals surface area contributed by atoms with Gasteiger partial charge < -0.3 is 15.0 Å². The second kappa shape index (κ2) is 15.5. The van der Waals surface area contributed by atoms with Gasteiger partial charge in [0, 0.05) is 19.0 Å². The van der Waals surface area contributed by atoms with Crippen molar-refractivity contribution in [2.45, 2.75) is 57.1 Å². The molecule has 0 bridgehead atoms. The third kappa shape index (κ3) is 8.51. The smallest absolute Gasteiger partial charge is 0.264 e. The van der Waals surface area contributed by atoms with Crippen molar-refractivity contribution in [2.24, 2.45) is 0 Å². The maximum atomic E-state index is 14.5. The molecule has 10 heteroatoms. The Kier molecular flexibility index (Phi) is 11.5. The molecule has 0 unspecified atom stereocenters. The highest BCUT2D eigenvalue weighted by molar-refractivity contribution is 7.92. The minimum Gasteiger partial charge on any atom is -0.497 e. The highest BCUT2D eigenvalue weighted by Gasteiger charge is 2.35. The maximum Gasteiger partial charge on any atom is 0.264 e. The number of aryl methyl sites for hydroxylation is 1. The number of hydrogen-bond donors (Lipinski definition) is 1. The summed E-state index contributed by atoms with van der Waals surface area (Å²) >= 11 is 0. The molecule has 0 saturated carbocycles. The van der Waals surface area contributed by atoms with Crippen molar-refractivity contribution in [3.05, 3.63) is 126 Å². The monoisotopic (exact) mass is 645 g/mol. The van der Waals surface area contributed by atoms with Crippen LogP contribution in [0.15, 0.2) is 108 Å². The van der Waals surface area contributed by atoms with E-state index < -0.39 is 34.3 Å². The SMILES string of the molecule is CC[C@H](C)NC(=O)[C@H](Cc1ccccc1)N(Cc1ccccc1C)C(=O)CN(c1ccc(F)cc1)S(=O)(=O)c1ccc(OC)cc1. The molecule has 4 rings (SSSR count). The molecule has 0 fully saturated rings. The van der Waals surface area contributed by atoms with E-state index in [1.54, 1.807) is 0 Å². The second-order valence-corrected chi connectivity index (χ2v) is 13.0. The average Bonchev–Trinajstić information content (AvgIpc) is 3.06. The zero-order chi connectivity index (χ0) is 33.3. The van der Waals surface area contributed by atoms with E-state index in [-0.39, 0.29) is 35.5 Å². The Morgan fingerprint density at radius 2 is 1.52 bits per heavy atom. The van der Waals surface area contributed by atoms with Crippen molar-refractivity contribution < 1.29 is 27.1 Å². The molecule has 0 aromatic heterocycles. The number of hydrogen-bond acceptors (Lipinski definition) is 5. The van der Waals surface area contributed by atoms with E-state index in [9.17, 15) is 22.4 Å². The fraction of sp³-hybridized carbons (Fsp3) is 0.278. The minimum absolute atomic E-state index is 0.0662. The first-order valence-electron chi connectivity index (χ1n) is 15.1. The fourth-order valence-electron chi connectivity index (χ4n) is 4.98. The van der Waals surface area contributed by atoms with Crippen LogP contribution in [-0.4, -0.2) is 50.9 Å². The van der Waals surface area contributed by atoms with Gasteiger partial charge in [-0.3, -0.25) is 13.9 Å². The Balaban J connectivity index is 1.81. The molecule has 0 heterocycles. The molecule has 0 radical (unpaired) electrons. The number of nitrogens with zero attached hydrogens (tertiary/aromatic N) is 2. The zero-order valence-electron chi connectivity index (χ0n) is 26.5. The summed E-state index contributed by atoms with van der Waals surface area (Å²) in [6, 6.07) is 26.5. The van der Waals surface area contributed by atoms with Crippen LogP contribution in [0.25, 0.3) is 0 Å². The molecule has 0 aliphatic rings. The van der Waals surface area contributed by atoms with Crippen LogP contribution in [-0.2, 0) is 32.6 Å². The van der Waals surface area contributed by atoms with Crippen LogP contribution < -0.4 is 14.4 Å². The number of amides is 2. The molecule has 4 aromatic carbocycles. The van der Waals surface area contributed by atoms with Gasteiger partial charge in [-0.05, 0) is 85.5 Å². The molecule has 0 spiro atoms.